The molecule has 6 heteroatoms. The zero-order valence-corrected chi connectivity index (χ0v) is 16.3. The van der Waals surface area contributed by atoms with Crippen LogP contribution in [-0.4, -0.2) is 43.5 Å². The van der Waals surface area contributed by atoms with Crippen LogP contribution in [0.5, 0.6) is 5.75 Å². The minimum Gasteiger partial charge on any atom is -0.497 e. The number of nitrogens with two attached hydrogens (primary N) is 1. The van der Waals surface area contributed by atoms with E-state index in [1.807, 2.05) is 35.2 Å². The predicted octanol–water partition coefficient (Wildman–Crippen LogP) is 2.90. The van der Waals surface area contributed by atoms with Crippen molar-refractivity contribution in [2.75, 3.05) is 32.1 Å². The highest BCUT2D eigenvalue weighted by Crippen LogP contribution is 2.21. The van der Waals surface area contributed by atoms with E-state index in [-0.39, 0.29) is 18.4 Å². The van der Waals surface area contributed by atoms with Crippen molar-refractivity contribution in [3.05, 3.63) is 60.2 Å². The second-order valence-corrected chi connectivity index (χ2v) is 7.07. The molecular formula is C22H28N4O2. The van der Waals surface area contributed by atoms with Crippen LogP contribution in [-0.2, 0) is 11.2 Å². The molecule has 0 aromatic heterocycles. The van der Waals surface area contributed by atoms with Gasteiger partial charge in [-0.25, -0.2) is 4.99 Å². The molecule has 0 atom stereocenters. The number of aliphatic imine (C=N–C) groups is 1. The number of likely N-dealkylation sites (tertiary alicyclic amines) is 1. The summed E-state index contributed by atoms with van der Waals surface area (Å²) >= 11 is 0. The van der Waals surface area contributed by atoms with Crippen molar-refractivity contribution in [3.63, 3.8) is 0 Å². The largest absolute Gasteiger partial charge is 0.497 e. The highest BCUT2D eigenvalue weighted by atomic mass is 16.5. The third-order valence-corrected chi connectivity index (χ3v) is 5.08. The SMILES string of the molecule is COc1ccc(NC(N)=NCC(=O)N2CCC(Cc3ccccc3)CC2)cc1. The van der Waals surface area contributed by atoms with Crippen molar-refractivity contribution in [3.8, 4) is 5.75 Å². The van der Waals surface area contributed by atoms with Crippen LogP contribution in [0.2, 0.25) is 0 Å². The number of carbonyl (C=O) groups is 1. The summed E-state index contributed by atoms with van der Waals surface area (Å²) in [5.41, 5.74) is 8.07. The standard InChI is InChI=1S/C22H28N4O2/c1-28-20-9-7-19(8-10-20)25-22(23)24-16-21(27)26-13-11-18(12-14-26)15-17-5-3-2-4-6-17/h2-10,18H,11-16H2,1H3,(H3,23,24,25). The van der Waals surface area contributed by atoms with E-state index in [2.05, 4.69) is 34.6 Å². The van der Waals surface area contributed by atoms with E-state index in [1.165, 1.54) is 5.56 Å². The van der Waals surface area contributed by atoms with Crippen LogP contribution in [0.25, 0.3) is 0 Å². The number of amides is 1. The summed E-state index contributed by atoms with van der Waals surface area (Å²) in [5, 5.41) is 2.99. The van der Waals surface area contributed by atoms with Gasteiger partial charge in [-0.05, 0) is 55.0 Å². The average molecular weight is 380 g/mol. The Balaban J connectivity index is 1.42. The molecule has 1 aliphatic rings. The summed E-state index contributed by atoms with van der Waals surface area (Å²) in [5.74, 6) is 1.67. The molecule has 0 spiro atoms. The maximum Gasteiger partial charge on any atom is 0.244 e. The van der Waals surface area contributed by atoms with Gasteiger partial charge in [-0.1, -0.05) is 30.3 Å². The van der Waals surface area contributed by atoms with Gasteiger partial charge < -0.3 is 20.7 Å². The Morgan fingerprint density at radius 2 is 1.82 bits per heavy atom. The number of guanidine groups is 1. The summed E-state index contributed by atoms with van der Waals surface area (Å²) in [4.78, 5) is 18.5. The molecule has 0 radical (unpaired) electrons. The number of nitrogens with one attached hydrogen (secondary N) is 1. The molecule has 1 heterocycles. The molecule has 0 aliphatic carbocycles. The minimum atomic E-state index is 0.0256. The van der Waals surface area contributed by atoms with E-state index < -0.39 is 0 Å². The van der Waals surface area contributed by atoms with Crippen molar-refractivity contribution < 1.29 is 9.53 Å². The number of hydrogen-bond donors (Lipinski definition) is 2. The van der Waals surface area contributed by atoms with Gasteiger partial charge in [0.25, 0.3) is 0 Å². The fraction of sp³-hybridized carbons (Fsp3) is 0.364. The van der Waals surface area contributed by atoms with Gasteiger partial charge in [0.2, 0.25) is 5.91 Å². The number of anilines is 1. The van der Waals surface area contributed by atoms with Gasteiger partial charge in [-0.15, -0.1) is 0 Å². The lowest BCUT2D eigenvalue weighted by Gasteiger charge is -2.31. The summed E-state index contributed by atoms with van der Waals surface area (Å²) in [6.07, 6.45) is 3.15. The van der Waals surface area contributed by atoms with Crippen LogP contribution < -0.4 is 15.8 Å². The van der Waals surface area contributed by atoms with Crippen LogP contribution in [0, 0.1) is 5.92 Å². The van der Waals surface area contributed by atoms with Crippen LogP contribution >= 0.6 is 0 Å². The Bertz CT molecular complexity index is 782. The fourth-order valence-electron chi connectivity index (χ4n) is 3.45. The average Bonchev–Trinajstić information content (AvgIpc) is 2.74. The lowest BCUT2D eigenvalue weighted by atomic mass is 9.90. The predicted molar refractivity (Wildman–Crippen MR) is 113 cm³/mol. The molecule has 1 fully saturated rings. The zero-order chi connectivity index (χ0) is 19.8. The highest BCUT2D eigenvalue weighted by molar-refractivity contribution is 5.93. The molecule has 1 aliphatic heterocycles. The van der Waals surface area contributed by atoms with E-state index in [0.29, 0.717) is 5.92 Å². The van der Waals surface area contributed by atoms with E-state index >= 15 is 0 Å². The second-order valence-electron chi connectivity index (χ2n) is 7.07. The summed E-state index contributed by atoms with van der Waals surface area (Å²) in [7, 11) is 1.62. The molecule has 3 rings (SSSR count). The topological polar surface area (TPSA) is 80.0 Å². The molecule has 2 aromatic carbocycles. The highest BCUT2D eigenvalue weighted by Gasteiger charge is 2.22. The number of nitrogens with zero attached hydrogens (tertiary/aromatic N) is 2. The zero-order valence-electron chi connectivity index (χ0n) is 16.3. The molecule has 0 bridgehead atoms. The van der Waals surface area contributed by atoms with E-state index in [9.17, 15) is 4.79 Å². The molecule has 28 heavy (non-hydrogen) atoms. The maximum absolute atomic E-state index is 12.4. The fourth-order valence-corrected chi connectivity index (χ4v) is 3.45. The number of rotatable bonds is 6. The second kappa shape index (κ2) is 9.78. The number of benzene rings is 2. The monoisotopic (exact) mass is 380 g/mol. The summed E-state index contributed by atoms with van der Waals surface area (Å²) in [6.45, 7) is 1.65. The van der Waals surface area contributed by atoms with Crippen molar-refractivity contribution >= 4 is 17.6 Å². The molecular weight excluding hydrogens is 352 g/mol. The quantitative estimate of drug-likeness (QED) is 0.596. The van der Waals surface area contributed by atoms with E-state index in [0.717, 1.165) is 43.8 Å². The van der Waals surface area contributed by atoms with Crippen molar-refractivity contribution in [2.24, 2.45) is 16.6 Å². The van der Waals surface area contributed by atoms with Gasteiger partial charge in [0.05, 0.1) is 7.11 Å². The molecule has 0 saturated carbocycles. The summed E-state index contributed by atoms with van der Waals surface area (Å²) in [6, 6.07) is 17.9. The first-order chi connectivity index (χ1) is 13.6. The molecule has 0 unspecified atom stereocenters. The Labute approximate surface area is 166 Å². The van der Waals surface area contributed by atoms with Gasteiger partial charge in [0.15, 0.2) is 5.96 Å². The lowest BCUT2D eigenvalue weighted by molar-refractivity contribution is -0.130. The number of ether oxygens (including phenoxy) is 1. The lowest BCUT2D eigenvalue weighted by Crippen LogP contribution is -2.40. The molecule has 148 valence electrons. The van der Waals surface area contributed by atoms with Crippen molar-refractivity contribution in [2.45, 2.75) is 19.3 Å². The van der Waals surface area contributed by atoms with Gasteiger partial charge >= 0.3 is 0 Å². The number of carbonyl (C=O) groups excluding carboxylic acids is 1. The Morgan fingerprint density at radius 3 is 2.46 bits per heavy atom. The van der Waals surface area contributed by atoms with Gasteiger partial charge in [-0.3, -0.25) is 4.79 Å². The third kappa shape index (κ3) is 5.74. The first kappa shape index (κ1) is 19.7. The Morgan fingerprint density at radius 1 is 1.14 bits per heavy atom. The van der Waals surface area contributed by atoms with Crippen molar-refractivity contribution in [1.29, 1.82) is 0 Å². The first-order valence-corrected chi connectivity index (χ1v) is 9.66. The van der Waals surface area contributed by atoms with E-state index in [4.69, 9.17) is 10.5 Å². The summed E-state index contributed by atoms with van der Waals surface area (Å²) < 4.78 is 5.12. The molecule has 1 amide bonds. The van der Waals surface area contributed by atoms with E-state index in [1.54, 1.807) is 7.11 Å². The van der Waals surface area contributed by atoms with Crippen molar-refractivity contribution in [1.82, 2.24) is 4.90 Å². The normalized spacial score (nSPS) is 15.3. The smallest absolute Gasteiger partial charge is 0.244 e. The molecule has 6 nitrogen and oxygen atoms in total. The van der Waals surface area contributed by atoms with Crippen LogP contribution in [0.3, 0.4) is 0 Å². The van der Waals surface area contributed by atoms with Gasteiger partial charge in [0.1, 0.15) is 12.3 Å². The minimum absolute atomic E-state index is 0.0256. The number of hydrogen-bond acceptors (Lipinski definition) is 3. The Kier molecular flexibility index (Phi) is 6.89. The molecule has 3 N–H and O–H groups in total. The maximum atomic E-state index is 12.4. The Hall–Kier alpha value is -3.02. The molecule has 2 aromatic rings. The number of piperidine rings is 1. The van der Waals surface area contributed by atoms with Crippen LogP contribution in [0.1, 0.15) is 18.4 Å². The third-order valence-electron chi connectivity index (χ3n) is 5.08. The van der Waals surface area contributed by atoms with Gasteiger partial charge in [-0.2, -0.15) is 0 Å². The molecule has 1 saturated heterocycles. The van der Waals surface area contributed by atoms with Crippen LogP contribution in [0.4, 0.5) is 5.69 Å². The van der Waals surface area contributed by atoms with Crippen LogP contribution in [0.15, 0.2) is 59.6 Å². The number of methoxy groups -OCH3 is 1. The van der Waals surface area contributed by atoms with Gasteiger partial charge in [0, 0.05) is 18.8 Å². The first-order valence-electron chi connectivity index (χ1n) is 9.66.